The first kappa shape index (κ1) is 17.0. The first-order valence-electron chi connectivity index (χ1n) is 8.98. The van der Waals surface area contributed by atoms with Crippen molar-refractivity contribution in [1.29, 1.82) is 0 Å². The maximum absolute atomic E-state index is 12.5. The SMILES string of the molecule is CCn1c(Cn2cccn2)nc2cc(NC(=O)c3cccc(C)c3)ccc21. The molecule has 0 radical (unpaired) electrons. The summed E-state index contributed by atoms with van der Waals surface area (Å²) in [6.07, 6.45) is 3.69. The van der Waals surface area contributed by atoms with E-state index in [1.54, 1.807) is 6.20 Å². The predicted octanol–water partition coefficient (Wildman–Crippen LogP) is 3.86. The van der Waals surface area contributed by atoms with Gasteiger partial charge in [-0.15, -0.1) is 0 Å². The standard InChI is InChI=1S/C21H21N5O/c1-3-26-19-9-8-17(23-21(27)16-7-4-6-15(2)12-16)13-18(19)24-20(26)14-25-11-5-10-22-25/h4-13H,3,14H2,1-2H3,(H,23,27). The van der Waals surface area contributed by atoms with E-state index in [0.29, 0.717) is 12.1 Å². The average molecular weight is 359 g/mol. The number of carbonyl (C=O) groups is 1. The number of amides is 1. The molecule has 4 rings (SSSR count). The van der Waals surface area contributed by atoms with Crippen LogP contribution in [0.4, 0.5) is 5.69 Å². The molecule has 1 N–H and O–H groups in total. The van der Waals surface area contributed by atoms with Crippen molar-refractivity contribution in [2.75, 3.05) is 5.32 Å². The van der Waals surface area contributed by atoms with Gasteiger partial charge in [-0.1, -0.05) is 17.7 Å². The Hall–Kier alpha value is -3.41. The third-order valence-electron chi connectivity index (χ3n) is 4.54. The van der Waals surface area contributed by atoms with Gasteiger partial charge in [-0.25, -0.2) is 4.98 Å². The normalized spacial score (nSPS) is 11.0. The molecule has 2 heterocycles. The minimum atomic E-state index is -0.121. The number of imidazole rings is 1. The Kier molecular flexibility index (Phi) is 4.46. The molecular weight excluding hydrogens is 338 g/mol. The van der Waals surface area contributed by atoms with Gasteiger partial charge in [0.15, 0.2) is 0 Å². The van der Waals surface area contributed by atoms with Crippen LogP contribution in [0, 0.1) is 6.92 Å². The van der Waals surface area contributed by atoms with Crippen LogP contribution in [0.2, 0.25) is 0 Å². The van der Waals surface area contributed by atoms with Crippen molar-refractivity contribution in [2.24, 2.45) is 0 Å². The molecule has 6 nitrogen and oxygen atoms in total. The molecular formula is C21H21N5O. The van der Waals surface area contributed by atoms with Crippen LogP contribution in [0.1, 0.15) is 28.7 Å². The molecule has 0 aliphatic rings. The van der Waals surface area contributed by atoms with E-state index in [9.17, 15) is 4.79 Å². The zero-order valence-electron chi connectivity index (χ0n) is 15.4. The third kappa shape index (κ3) is 3.46. The topological polar surface area (TPSA) is 64.7 Å². The van der Waals surface area contributed by atoms with Gasteiger partial charge >= 0.3 is 0 Å². The van der Waals surface area contributed by atoms with Crippen molar-refractivity contribution in [3.8, 4) is 0 Å². The minimum absolute atomic E-state index is 0.121. The van der Waals surface area contributed by atoms with Crippen molar-refractivity contribution in [2.45, 2.75) is 26.9 Å². The number of aromatic nitrogens is 4. The molecule has 0 spiro atoms. The van der Waals surface area contributed by atoms with E-state index in [2.05, 4.69) is 21.9 Å². The van der Waals surface area contributed by atoms with Gasteiger partial charge in [0, 0.05) is 30.2 Å². The van der Waals surface area contributed by atoms with Crippen molar-refractivity contribution in [1.82, 2.24) is 19.3 Å². The minimum Gasteiger partial charge on any atom is -0.327 e. The summed E-state index contributed by atoms with van der Waals surface area (Å²) in [6.45, 7) is 5.51. The summed E-state index contributed by atoms with van der Waals surface area (Å²) >= 11 is 0. The second-order valence-corrected chi connectivity index (χ2v) is 6.50. The predicted molar refractivity (Wildman–Crippen MR) is 106 cm³/mol. The molecule has 0 fully saturated rings. The molecule has 0 unspecified atom stereocenters. The number of hydrogen-bond acceptors (Lipinski definition) is 3. The van der Waals surface area contributed by atoms with Gasteiger partial charge in [-0.05, 0) is 50.2 Å². The van der Waals surface area contributed by atoms with E-state index in [4.69, 9.17) is 4.98 Å². The Morgan fingerprint density at radius 1 is 1.15 bits per heavy atom. The van der Waals surface area contributed by atoms with Gasteiger partial charge in [0.25, 0.3) is 5.91 Å². The highest BCUT2D eigenvalue weighted by molar-refractivity contribution is 6.05. The van der Waals surface area contributed by atoms with Crippen molar-refractivity contribution in [3.05, 3.63) is 77.9 Å². The number of anilines is 1. The summed E-state index contributed by atoms with van der Waals surface area (Å²) in [6, 6.07) is 15.3. The number of hydrogen-bond donors (Lipinski definition) is 1. The maximum Gasteiger partial charge on any atom is 0.255 e. The lowest BCUT2D eigenvalue weighted by Gasteiger charge is -2.07. The summed E-state index contributed by atoms with van der Waals surface area (Å²) < 4.78 is 4.02. The summed E-state index contributed by atoms with van der Waals surface area (Å²) in [4.78, 5) is 17.3. The maximum atomic E-state index is 12.5. The highest BCUT2D eigenvalue weighted by atomic mass is 16.1. The number of nitrogens with zero attached hydrogens (tertiary/aromatic N) is 4. The number of rotatable bonds is 5. The van der Waals surface area contributed by atoms with Crippen LogP contribution < -0.4 is 5.32 Å². The van der Waals surface area contributed by atoms with Crippen molar-refractivity contribution < 1.29 is 4.79 Å². The molecule has 6 heteroatoms. The fraction of sp³-hybridized carbons (Fsp3) is 0.190. The van der Waals surface area contributed by atoms with Crippen LogP contribution in [0.25, 0.3) is 11.0 Å². The molecule has 2 aromatic carbocycles. The second-order valence-electron chi connectivity index (χ2n) is 6.50. The van der Waals surface area contributed by atoms with Crippen LogP contribution >= 0.6 is 0 Å². The fourth-order valence-electron chi connectivity index (χ4n) is 3.26. The van der Waals surface area contributed by atoms with E-state index >= 15 is 0 Å². The molecule has 0 aliphatic carbocycles. The largest absolute Gasteiger partial charge is 0.327 e. The van der Waals surface area contributed by atoms with Crippen molar-refractivity contribution >= 4 is 22.6 Å². The lowest BCUT2D eigenvalue weighted by atomic mass is 10.1. The lowest BCUT2D eigenvalue weighted by Crippen LogP contribution is -2.11. The van der Waals surface area contributed by atoms with Gasteiger partial charge in [-0.2, -0.15) is 5.10 Å². The fourth-order valence-corrected chi connectivity index (χ4v) is 3.26. The highest BCUT2D eigenvalue weighted by Gasteiger charge is 2.12. The van der Waals surface area contributed by atoms with E-state index in [1.165, 1.54) is 0 Å². The highest BCUT2D eigenvalue weighted by Crippen LogP contribution is 2.22. The molecule has 0 atom stereocenters. The first-order chi connectivity index (χ1) is 13.1. The average Bonchev–Trinajstić information content (AvgIpc) is 3.28. The van der Waals surface area contributed by atoms with E-state index < -0.39 is 0 Å². The Labute approximate surface area is 157 Å². The van der Waals surface area contributed by atoms with Crippen molar-refractivity contribution in [3.63, 3.8) is 0 Å². The molecule has 136 valence electrons. The molecule has 0 saturated carbocycles. The summed E-state index contributed by atoms with van der Waals surface area (Å²) in [5.74, 6) is 0.822. The number of carbonyl (C=O) groups excluding carboxylic acids is 1. The van der Waals surface area contributed by atoms with Crippen LogP contribution in [-0.2, 0) is 13.1 Å². The van der Waals surface area contributed by atoms with Crippen LogP contribution in [0.5, 0.6) is 0 Å². The third-order valence-corrected chi connectivity index (χ3v) is 4.54. The van der Waals surface area contributed by atoms with E-state index in [-0.39, 0.29) is 5.91 Å². The number of nitrogens with one attached hydrogen (secondary N) is 1. The molecule has 0 aliphatic heterocycles. The lowest BCUT2D eigenvalue weighted by molar-refractivity contribution is 0.102. The number of aryl methyl sites for hydroxylation is 2. The van der Waals surface area contributed by atoms with Gasteiger partial charge in [0.1, 0.15) is 5.82 Å². The zero-order valence-corrected chi connectivity index (χ0v) is 15.4. The Morgan fingerprint density at radius 3 is 2.78 bits per heavy atom. The molecule has 0 saturated heterocycles. The van der Waals surface area contributed by atoms with Crippen LogP contribution in [0.3, 0.4) is 0 Å². The zero-order chi connectivity index (χ0) is 18.8. The first-order valence-corrected chi connectivity index (χ1v) is 8.98. The van der Waals surface area contributed by atoms with Gasteiger partial charge in [-0.3, -0.25) is 9.48 Å². The Balaban J connectivity index is 1.63. The van der Waals surface area contributed by atoms with E-state index in [1.807, 2.05) is 66.3 Å². The summed E-state index contributed by atoms with van der Waals surface area (Å²) in [7, 11) is 0. The van der Waals surface area contributed by atoms with E-state index in [0.717, 1.165) is 34.7 Å². The van der Waals surface area contributed by atoms with Crippen LogP contribution in [-0.4, -0.2) is 25.2 Å². The summed E-state index contributed by atoms with van der Waals surface area (Å²) in [5.41, 5.74) is 4.35. The second kappa shape index (κ2) is 7.07. The van der Waals surface area contributed by atoms with Crippen LogP contribution in [0.15, 0.2) is 60.9 Å². The molecule has 1 amide bonds. The molecule has 27 heavy (non-hydrogen) atoms. The monoisotopic (exact) mass is 359 g/mol. The Morgan fingerprint density at radius 2 is 2.04 bits per heavy atom. The number of fused-ring (bicyclic) bond motifs is 1. The molecule has 0 bridgehead atoms. The molecule has 4 aromatic rings. The van der Waals surface area contributed by atoms with Gasteiger partial charge < -0.3 is 9.88 Å². The number of benzene rings is 2. The summed E-state index contributed by atoms with van der Waals surface area (Å²) in [5, 5.41) is 7.23. The Bertz CT molecular complexity index is 1100. The van der Waals surface area contributed by atoms with Gasteiger partial charge in [0.05, 0.1) is 17.6 Å². The van der Waals surface area contributed by atoms with Gasteiger partial charge in [0.2, 0.25) is 0 Å². The molecule has 2 aromatic heterocycles. The quantitative estimate of drug-likeness (QED) is 0.588. The smallest absolute Gasteiger partial charge is 0.255 e.